The molecule has 0 aromatic carbocycles. The number of nitrogens with two attached hydrogens (primary N) is 3. The third-order valence-electron chi connectivity index (χ3n) is 12.3. The lowest BCUT2D eigenvalue weighted by Gasteiger charge is -2.32. The predicted octanol–water partition coefficient (Wildman–Crippen LogP) is -3.94. The van der Waals surface area contributed by atoms with E-state index in [9.17, 15) is 57.8 Å². The summed E-state index contributed by atoms with van der Waals surface area (Å²) in [5, 5.41) is 31.4. The number of hydrogen-bond donors (Lipinski definition) is 12. The van der Waals surface area contributed by atoms with E-state index < -0.39 is 132 Å². The zero-order valence-electron chi connectivity index (χ0n) is 43.6. The highest BCUT2D eigenvalue weighted by molar-refractivity contribution is 5.98. The quantitative estimate of drug-likeness (QED) is 0.0179. The van der Waals surface area contributed by atoms with Crippen LogP contribution in [0.3, 0.4) is 0 Å². The fourth-order valence-electron chi connectivity index (χ4n) is 7.50. The number of nitrogens with one attached hydrogen (secondary N) is 8. The largest absolute Gasteiger partial charge is 0.391 e. The first-order chi connectivity index (χ1) is 33.7. The van der Waals surface area contributed by atoms with Crippen LogP contribution >= 0.6 is 0 Å². The van der Waals surface area contributed by atoms with Gasteiger partial charge in [-0.2, -0.15) is 0 Å². The first-order valence-electron chi connectivity index (χ1n) is 24.6. The molecule has 1 aliphatic rings. The van der Waals surface area contributed by atoms with Crippen molar-refractivity contribution in [2.45, 2.75) is 162 Å². The number of likely N-dealkylation sites (tertiary alicyclic amines) is 1. The maximum absolute atomic E-state index is 14.2. The second kappa shape index (κ2) is 31.7. The number of likely N-dealkylation sites (N-methyl/N-ethyl adjacent to an activating group) is 2. The van der Waals surface area contributed by atoms with Gasteiger partial charge in [0.25, 0.3) is 0 Å². The van der Waals surface area contributed by atoms with Gasteiger partial charge in [-0.05, 0) is 63.7 Å². The highest BCUT2D eigenvalue weighted by Gasteiger charge is 2.40. The summed E-state index contributed by atoms with van der Waals surface area (Å²) in [5.41, 5.74) is 16.4. The molecule has 15 N–H and O–H groups in total. The molecule has 0 unspecified atom stereocenters. The van der Waals surface area contributed by atoms with Gasteiger partial charge in [0, 0.05) is 40.0 Å². The van der Waals surface area contributed by atoms with E-state index >= 15 is 0 Å². The van der Waals surface area contributed by atoms with E-state index in [0.29, 0.717) is 32.2 Å². The highest BCUT2D eigenvalue weighted by Crippen LogP contribution is 2.21. The Morgan fingerprint density at radius 3 is 1.72 bits per heavy atom. The third-order valence-corrected chi connectivity index (χ3v) is 12.3. The minimum absolute atomic E-state index is 0.0608. The zero-order valence-corrected chi connectivity index (χ0v) is 43.6. The SMILES string of the molecule is CCNC(=O)[C@@H]1CCCN1C(=O)[C@H](CCCN=C(N)N)NC(=O)[C@@H](NC(=O)[C@H](CCC(N)=O)NC(=O)[C@@H](NC(=O)[C@H](NC(=O)[C@@H](NC(=O)CNC(=O)CN(C)C(C)=O)C(C)C)[C@H](C)CC)[C@H](C)O)[C@@H](C)CC. The first kappa shape index (κ1) is 63.4. The number of rotatable bonds is 31. The summed E-state index contributed by atoms with van der Waals surface area (Å²) in [6.07, 6.45) is -0.428. The van der Waals surface area contributed by atoms with Crippen molar-refractivity contribution in [2.24, 2.45) is 39.9 Å². The molecule has 72 heavy (non-hydrogen) atoms. The number of hydrogen-bond acceptors (Lipinski definition) is 13. The van der Waals surface area contributed by atoms with E-state index in [2.05, 4.69) is 47.5 Å². The van der Waals surface area contributed by atoms with Crippen molar-refractivity contribution in [1.29, 1.82) is 0 Å². The van der Waals surface area contributed by atoms with Crippen molar-refractivity contribution in [3.05, 3.63) is 0 Å². The summed E-state index contributed by atoms with van der Waals surface area (Å²) in [7, 11) is 1.41. The Hall–Kier alpha value is -6.60. The van der Waals surface area contributed by atoms with Crippen LogP contribution in [0.2, 0.25) is 0 Å². The molecule has 1 rings (SSSR count). The third kappa shape index (κ3) is 21.4. The summed E-state index contributed by atoms with van der Waals surface area (Å²) in [6, 6.07) is -9.08. The van der Waals surface area contributed by atoms with Gasteiger partial charge in [0.2, 0.25) is 65.0 Å². The number of aliphatic hydroxyl groups excluding tert-OH is 1. The maximum Gasteiger partial charge on any atom is 0.245 e. The number of aliphatic imine (C=N–C) groups is 1. The summed E-state index contributed by atoms with van der Waals surface area (Å²) >= 11 is 0. The fourth-order valence-corrected chi connectivity index (χ4v) is 7.50. The molecular weight excluding hydrogens is 941 g/mol. The minimum atomic E-state index is -1.75. The molecule has 26 nitrogen and oxygen atoms in total. The second-order valence-corrected chi connectivity index (χ2v) is 18.6. The van der Waals surface area contributed by atoms with Crippen molar-refractivity contribution < 1.29 is 57.8 Å². The molecule has 1 heterocycles. The van der Waals surface area contributed by atoms with E-state index in [1.54, 1.807) is 48.5 Å². The molecule has 1 fully saturated rings. The van der Waals surface area contributed by atoms with Gasteiger partial charge in [-0.15, -0.1) is 0 Å². The van der Waals surface area contributed by atoms with E-state index in [4.69, 9.17) is 17.2 Å². The van der Waals surface area contributed by atoms with Gasteiger partial charge in [-0.1, -0.05) is 54.4 Å². The van der Waals surface area contributed by atoms with Crippen molar-refractivity contribution in [3.63, 3.8) is 0 Å². The van der Waals surface area contributed by atoms with E-state index in [0.717, 1.165) is 4.90 Å². The summed E-state index contributed by atoms with van der Waals surface area (Å²) in [6.45, 7) is 14.2. The van der Waals surface area contributed by atoms with Gasteiger partial charge in [0.15, 0.2) is 5.96 Å². The molecule has 0 aliphatic carbocycles. The molecule has 0 aromatic heterocycles. The standard InChI is InChI=1S/C46H82N14O12/c1-11-25(6)36(42(69)54-30(16-14-20-51-46(48)49)45(72)60-21-15-17-31(60)40(67)50-13-3)56-39(66)29(18-19-32(47)63)53-44(71)38(27(8)61)58-43(70)37(26(7)12-2)57-41(68)35(24(4)5)55-33(64)22-52-34(65)23-59(10)28(9)62/h24-27,29-31,35-38,61H,11-23H2,1-10H3,(H2,47,63)(H,50,67)(H,52,65)(H,53,71)(H,54,69)(H,55,64)(H,56,66)(H,57,68)(H,58,70)(H4,48,49,51)/t25-,26+,27-,29-,30-,31-,35-,36-,37+,38-/m0/s1. The average molecular weight is 1020 g/mol. The van der Waals surface area contributed by atoms with Crippen LogP contribution in [0.4, 0.5) is 0 Å². The van der Waals surface area contributed by atoms with Crippen molar-refractivity contribution in [1.82, 2.24) is 52.3 Å². The lowest BCUT2D eigenvalue weighted by atomic mass is 9.95. The van der Waals surface area contributed by atoms with Crippen LogP contribution in [0, 0.1) is 17.8 Å². The van der Waals surface area contributed by atoms with Gasteiger partial charge in [-0.3, -0.25) is 57.7 Å². The van der Waals surface area contributed by atoms with Crippen LogP contribution < -0.4 is 59.7 Å². The smallest absolute Gasteiger partial charge is 0.245 e. The first-order valence-corrected chi connectivity index (χ1v) is 24.6. The minimum Gasteiger partial charge on any atom is -0.391 e. The molecular formula is C46H82N14O12. The lowest BCUT2D eigenvalue weighted by molar-refractivity contribution is -0.142. The molecule has 1 saturated heterocycles. The Morgan fingerprint density at radius 2 is 1.21 bits per heavy atom. The normalized spacial score (nSPS) is 16.9. The Kier molecular flexibility index (Phi) is 27.9. The highest BCUT2D eigenvalue weighted by atomic mass is 16.3. The van der Waals surface area contributed by atoms with Gasteiger partial charge >= 0.3 is 0 Å². The summed E-state index contributed by atoms with van der Waals surface area (Å²) in [5.74, 6) is -9.70. The van der Waals surface area contributed by atoms with Gasteiger partial charge < -0.3 is 74.6 Å². The molecule has 0 saturated carbocycles. The van der Waals surface area contributed by atoms with Gasteiger partial charge in [0.1, 0.15) is 42.3 Å². The number of nitrogens with zero attached hydrogens (tertiary/aromatic N) is 3. The number of guanidine groups is 1. The second-order valence-electron chi connectivity index (χ2n) is 18.6. The Balaban J connectivity index is 3.40. The predicted molar refractivity (Wildman–Crippen MR) is 265 cm³/mol. The van der Waals surface area contributed by atoms with Crippen LogP contribution in [-0.4, -0.2) is 174 Å². The van der Waals surface area contributed by atoms with Crippen LogP contribution in [0.25, 0.3) is 0 Å². The molecule has 0 spiro atoms. The van der Waals surface area contributed by atoms with Crippen LogP contribution in [0.1, 0.15) is 114 Å². The molecule has 10 atom stereocenters. The number of carbonyl (C=O) groups excluding carboxylic acids is 11. The summed E-state index contributed by atoms with van der Waals surface area (Å²) < 4.78 is 0. The molecule has 26 heteroatoms. The number of amides is 11. The van der Waals surface area contributed by atoms with E-state index in [1.165, 1.54) is 25.8 Å². The Bertz CT molecular complexity index is 1930. The molecule has 408 valence electrons. The van der Waals surface area contributed by atoms with Crippen molar-refractivity contribution >= 4 is 70.9 Å². The molecule has 1 aliphatic heterocycles. The topological polar surface area (TPSA) is 401 Å². The van der Waals surface area contributed by atoms with Crippen LogP contribution in [-0.2, 0) is 52.7 Å². The van der Waals surface area contributed by atoms with E-state index in [-0.39, 0.29) is 56.7 Å². The molecule has 0 radical (unpaired) electrons. The fraction of sp³-hybridized carbons (Fsp3) is 0.739. The summed E-state index contributed by atoms with van der Waals surface area (Å²) in [4.78, 5) is 152. The maximum atomic E-state index is 14.2. The monoisotopic (exact) mass is 1020 g/mol. The molecule has 0 bridgehead atoms. The Labute approximate surface area is 422 Å². The van der Waals surface area contributed by atoms with E-state index in [1.807, 2.05) is 0 Å². The number of primary amides is 1. The number of carbonyl (C=O) groups is 11. The van der Waals surface area contributed by atoms with Gasteiger partial charge in [-0.25, -0.2) is 0 Å². The number of aliphatic hydroxyl groups is 1. The lowest BCUT2D eigenvalue weighted by Crippen LogP contribution is -2.63. The zero-order chi connectivity index (χ0) is 55.0. The van der Waals surface area contributed by atoms with Crippen LogP contribution in [0.15, 0.2) is 4.99 Å². The van der Waals surface area contributed by atoms with Crippen LogP contribution in [0.5, 0.6) is 0 Å². The van der Waals surface area contributed by atoms with Crippen molar-refractivity contribution in [2.75, 3.05) is 39.8 Å². The van der Waals surface area contributed by atoms with Gasteiger partial charge in [0.05, 0.1) is 19.2 Å². The van der Waals surface area contributed by atoms with Crippen molar-refractivity contribution in [3.8, 4) is 0 Å². The average Bonchev–Trinajstić information content (AvgIpc) is 3.81. The molecule has 0 aromatic rings. The molecule has 11 amide bonds. The Morgan fingerprint density at radius 1 is 0.681 bits per heavy atom.